The highest BCUT2D eigenvalue weighted by molar-refractivity contribution is 9.10. The zero-order valence-corrected chi connectivity index (χ0v) is 13.7. The Morgan fingerprint density at radius 2 is 1.77 bits per heavy atom. The molecule has 1 unspecified atom stereocenters. The molecule has 4 heteroatoms. The number of halogens is 1. The second-order valence-electron chi connectivity index (χ2n) is 5.75. The van der Waals surface area contributed by atoms with Gasteiger partial charge in [0.15, 0.2) is 0 Å². The van der Waals surface area contributed by atoms with Crippen LogP contribution in [0.1, 0.15) is 28.8 Å². The third-order valence-electron chi connectivity index (χ3n) is 4.15. The number of carbonyl (C=O) groups is 1. The van der Waals surface area contributed by atoms with Gasteiger partial charge in [0.1, 0.15) is 5.60 Å². The van der Waals surface area contributed by atoms with E-state index in [-0.39, 0.29) is 18.4 Å². The Morgan fingerprint density at radius 3 is 2.36 bits per heavy atom. The number of carbonyl (C=O) groups excluding carboxylic acids is 1. The van der Waals surface area contributed by atoms with Crippen molar-refractivity contribution < 1.29 is 9.90 Å². The van der Waals surface area contributed by atoms with Crippen LogP contribution in [0.2, 0.25) is 0 Å². The molecule has 2 aromatic carbocycles. The molecule has 3 rings (SSSR count). The van der Waals surface area contributed by atoms with E-state index in [1.807, 2.05) is 42.5 Å². The molecule has 1 atom stereocenters. The van der Waals surface area contributed by atoms with Crippen molar-refractivity contribution in [3.8, 4) is 0 Å². The van der Waals surface area contributed by atoms with Gasteiger partial charge in [0.25, 0.3) is 5.91 Å². The highest BCUT2D eigenvalue weighted by Gasteiger charge is 2.45. The Bertz CT molecular complexity index is 653. The van der Waals surface area contributed by atoms with Crippen molar-refractivity contribution in [3.63, 3.8) is 0 Å². The molecule has 114 valence electrons. The fourth-order valence-electron chi connectivity index (χ4n) is 2.69. The molecule has 2 N–H and O–H groups in total. The van der Waals surface area contributed by atoms with Crippen molar-refractivity contribution in [2.45, 2.75) is 18.4 Å². The molecule has 0 aromatic heterocycles. The van der Waals surface area contributed by atoms with Crippen molar-refractivity contribution in [1.82, 2.24) is 5.32 Å². The molecule has 1 aliphatic carbocycles. The van der Waals surface area contributed by atoms with E-state index in [4.69, 9.17) is 0 Å². The minimum Gasteiger partial charge on any atom is -0.383 e. The van der Waals surface area contributed by atoms with Gasteiger partial charge in [-0.25, -0.2) is 0 Å². The summed E-state index contributed by atoms with van der Waals surface area (Å²) in [4.78, 5) is 12.2. The molecule has 0 radical (unpaired) electrons. The van der Waals surface area contributed by atoms with E-state index < -0.39 is 5.60 Å². The first-order valence-electron chi connectivity index (χ1n) is 7.41. The third kappa shape index (κ3) is 3.23. The van der Waals surface area contributed by atoms with Gasteiger partial charge < -0.3 is 10.4 Å². The predicted octanol–water partition coefficient (Wildman–Crippen LogP) is 3.48. The summed E-state index contributed by atoms with van der Waals surface area (Å²) in [5.74, 6) is 0.0580. The van der Waals surface area contributed by atoms with E-state index in [2.05, 4.69) is 21.2 Å². The highest BCUT2D eigenvalue weighted by atomic mass is 79.9. The molecule has 3 nitrogen and oxygen atoms in total. The van der Waals surface area contributed by atoms with Crippen LogP contribution in [0.3, 0.4) is 0 Å². The number of nitrogens with one attached hydrogen (secondary N) is 1. The number of hydrogen-bond acceptors (Lipinski definition) is 2. The van der Waals surface area contributed by atoms with E-state index in [1.54, 1.807) is 12.1 Å². The van der Waals surface area contributed by atoms with Gasteiger partial charge >= 0.3 is 0 Å². The summed E-state index contributed by atoms with van der Waals surface area (Å²) >= 11 is 3.35. The van der Waals surface area contributed by atoms with Gasteiger partial charge in [-0.15, -0.1) is 0 Å². The Hall–Kier alpha value is -1.65. The minimum atomic E-state index is -0.980. The molecule has 22 heavy (non-hydrogen) atoms. The summed E-state index contributed by atoms with van der Waals surface area (Å²) in [7, 11) is 0. The summed E-state index contributed by atoms with van der Waals surface area (Å²) < 4.78 is 0.933. The maximum absolute atomic E-state index is 12.2. The summed E-state index contributed by atoms with van der Waals surface area (Å²) in [6, 6.07) is 16.8. The van der Waals surface area contributed by atoms with Crippen LogP contribution in [0.25, 0.3) is 0 Å². The Kier molecular flexibility index (Phi) is 4.32. The zero-order chi connectivity index (χ0) is 15.6. The molecule has 1 aliphatic rings. The molecule has 1 amide bonds. The molecule has 1 saturated carbocycles. The second kappa shape index (κ2) is 6.23. The second-order valence-corrected chi connectivity index (χ2v) is 6.67. The van der Waals surface area contributed by atoms with Crippen molar-refractivity contribution >= 4 is 21.8 Å². The van der Waals surface area contributed by atoms with Crippen LogP contribution in [0.15, 0.2) is 59.1 Å². The number of rotatable bonds is 5. The highest BCUT2D eigenvalue weighted by Crippen LogP contribution is 2.45. The Labute approximate surface area is 138 Å². The van der Waals surface area contributed by atoms with E-state index in [0.717, 1.165) is 22.9 Å². The van der Waals surface area contributed by atoms with E-state index in [1.165, 1.54) is 0 Å². The van der Waals surface area contributed by atoms with Gasteiger partial charge in [-0.3, -0.25) is 4.79 Å². The van der Waals surface area contributed by atoms with Crippen molar-refractivity contribution in [1.29, 1.82) is 0 Å². The maximum Gasteiger partial charge on any atom is 0.251 e. The van der Waals surface area contributed by atoms with Gasteiger partial charge in [0, 0.05) is 10.0 Å². The molecule has 0 saturated heterocycles. The molecule has 0 bridgehead atoms. The van der Waals surface area contributed by atoms with Crippen LogP contribution >= 0.6 is 15.9 Å². The molecule has 0 heterocycles. The summed E-state index contributed by atoms with van der Waals surface area (Å²) in [5.41, 5.74) is 0.481. The molecular weight excluding hydrogens is 342 g/mol. The van der Waals surface area contributed by atoms with Gasteiger partial charge in [0.2, 0.25) is 0 Å². The average molecular weight is 360 g/mol. The van der Waals surface area contributed by atoms with Crippen molar-refractivity contribution in [2.24, 2.45) is 5.92 Å². The quantitative estimate of drug-likeness (QED) is 0.858. The molecule has 2 aromatic rings. The molecule has 0 aliphatic heterocycles. The van der Waals surface area contributed by atoms with Crippen LogP contribution in [0.5, 0.6) is 0 Å². The lowest BCUT2D eigenvalue weighted by Crippen LogP contribution is -2.42. The van der Waals surface area contributed by atoms with Gasteiger partial charge in [-0.2, -0.15) is 0 Å². The Morgan fingerprint density at radius 1 is 1.14 bits per heavy atom. The van der Waals surface area contributed by atoms with E-state index in [9.17, 15) is 9.90 Å². The van der Waals surface area contributed by atoms with Crippen LogP contribution in [0, 0.1) is 5.92 Å². The maximum atomic E-state index is 12.2. The zero-order valence-electron chi connectivity index (χ0n) is 12.1. The number of hydrogen-bond donors (Lipinski definition) is 2. The van der Waals surface area contributed by atoms with Crippen LogP contribution in [-0.4, -0.2) is 17.6 Å². The van der Waals surface area contributed by atoms with Gasteiger partial charge in [-0.1, -0.05) is 46.3 Å². The molecule has 1 fully saturated rings. The number of amides is 1. The van der Waals surface area contributed by atoms with Crippen LogP contribution in [0.4, 0.5) is 0 Å². The Balaban J connectivity index is 1.72. The topological polar surface area (TPSA) is 49.3 Å². The molecule has 0 spiro atoms. The first-order valence-corrected chi connectivity index (χ1v) is 8.20. The summed E-state index contributed by atoms with van der Waals surface area (Å²) in [6.45, 7) is 0.233. The largest absolute Gasteiger partial charge is 0.383 e. The smallest absolute Gasteiger partial charge is 0.251 e. The predicted molar refractivity (Wildman–Crippen MR) is 89.5 cm³/mol. The first-order chi connectivity index (χ1) is 10.6. The first kappa shape index (κ1) is 15.3. The van der Waals surface area contributed by atoms with Crippen molar-refractivity contribution in [2.75, 3.05) is 6.54 Å². The fourth-order valence-corrected chi connectivity index (χ4v) is 2.95. The lowest BCUT2D eigenvalue weighted by molar-refractivity contribution is 0.0135. The van der Waals surface area contributed by atoms with E-state index >= 15 is 0 Å². The summed E-state index contributed by atoms with van der Waals surface area (Å²) in [5, 5.41) is 13.9. The van der Waals surface area contributed by atoms with E-state index in [0.29, 0.717) is 5.56 Å². The fraction of sp³-hybridized carbons (Fsp3) is 0.278. The molecular formula is C18H18BrNO2. The number of benzene rings is 2. The number of aliphatic hydroxyl groups is 1. The van der Waals surface area contributed by atoms with Gasteiger partial charge in [0.05, 0.1) is 6.54 Å². The lowest BCUT2D eigenvalue weighted by atomic mass is 9.88. The SMILES string of the molecule is O=C(NCC(O)(c1ccccc1)C1CC1)c1ccc(Br)cc1. The third-order valence-corrected chi connectivity index (χ3v) is 4.68. The summed E-state index contributed by atoms with van der Waals surface area (Å²) in [6.07, 6.45) is 2.00. The monoisotopic (exact) mass is 359 g/mol. The minimum absolute atomic E-state index is 0.164. The average Bonchev–Trinajstić information content (AvgIpc) is 3.39. The van der Waals surface area contributed by atoms with Gasteiger partial charge in [-0.05, 0) is 48.6 Å². The van der Waals surface area contributed by atoms with Crippen LogP contribution < -0.4 is 5.32 Å². The van der Waals surface area contributed by atoms with Crippen LogP contribution in [-0.2, 0) is 5.60 Å². The lowest BCUT2D eigenvalue weighted by Gasteiger charge is -2.29. The van der Waals surface area contributed by atoms with Crippen molar-refractivity contribution in [3.05, 3.63) is 70.2 Å². The standard InChI is InChI=1S/C18H18BrNO2/c19-16-10-6-13(7-11-16)17(21)20-12-18(22,15-8-9-15)14-4-2-1-3-5-14/h1-7,10-11,15,22H,8-9,12H2,(H,20,21). The normalized spacial score (nSPS) is 16.8.